The van der Waals surface area contributed by atoms with Crippen molar-refractivity contribution in [1.82, 2.24) is 0 Å². The molecule has 1 aromatic rings. The van der Waals surface area contributed by atoms with Crippen LogP contribution in [0.15, 0.2) is 22.7 Å². The van der Waals surface area contributed by atoms with E-state index in [1.165, 1.54) is 11.8 Å². The van der Waals surface area contributed by atoms with Crippen LogP contribution in [0.3, 0.4) is 0 Å². The monoisotopic (exact) mass is 294 g/mol. The zero-order valence-electron chi connectivity index (χ0n) is 7.17. The number of rotatable bonds is 4. The quantitative estimate of drug-likeness (QED) is 0.925. The molecule has 0 radical (unpaired) electrons. The minimum Gasteiger partial charge on any atom is -0.481 e. The molecule has 1 N–H and O–H groups in total. The molecule has 0 amide bonds. The molecule has 0 heterocycles. The summed E-state index contributed by atoms with van der Waals surface area (Å²) in [6.45, 7) is 0. The Morgan fingerprint density at radius 1 is 1.57 bits per heavy atom. The van der Waals surface area contributed by atoms with Crippen LogP contribution in [0, 0.1) is 0 Å². The minimum atomic E-state index is -0.803. The van der Waals surface area contributed by atoms with Crippen LogP contribution in [0.2, 0.25) is 5.02 Å². The molecule has 14 heavy (non-hydrogen) atoms. The molecule has 0 spiro atoms. The van der Waals surface area contributed by atoms with Gasteiger partial charge in [0.2, 0.25) is 0 Å². The fourth-order valence-electron chi connectivity index (χ4n) is 0.887. The van der Waals surface area contributed by atoms with Crippen LogP contribution < -0.4 is 0 Å². The first-order valence-corrected chi connectivity index (χ1v) is 6.15. The maximum atomic E-state index is 10.3. The normalized spacial score (nSPS) is 10.1. The summed E-state index contributed by atoms with van der Waals surface area (Å²) >= 11 is 10.6. The number of benzene rings is 1. The van der Waals surface area contributed by atoms with Crippen molar-refractivity contribution in [3.05, 3.63) is 33.3 Å². The first kappa shape index (κ1) is 11.9. The number of carbonyl (C=O) groups is 1. The molecular weight excluding hydrogens is 288 g/mol. The van der Waals surface area contributed by atoms with Gasteiger partial charge in [-0.05, 0) is 17.7 Å². The Balaban J connectivity index is 2.55. The van der Waals surface area contributed by atoms with Crippen LogP contribution >= 0.6 is 39.3 Å². The number of aliphatic carboxylic acids is 1. The van der Waals surface area contributed by atoms with Crippen LogP contribution in [-0.2, 0) is 10.5 Å². The van der Waals surface area contributed by atoms with Gasteiger partial charge >= 0.3 is 5.97 Å². The lowest BCUT2D eigenvalue weighted by Gasteiger charge is -2.03. The Morgan fingerprint density at radius 3 is 2.86 bits per heavy atom. The van der Waals surface area contributed by atoms with Gasteiger partial charge in [0.1, 0.15) is 0 Å². The zero-order chi connectivity index (χ0) is 10.6. The molecule has 1 rings (SSSR count). The Labute approximate surface area is 99.8 Å². The molecule has 0 saturated carbocycles. The summed E-state index contributed by atoms with van der Waals surface area (Å²) in [6, 6.07) is 5.59. The van der Waals surface area contributed by atoms with Gasteiger partial charge in [-0.2, -0.15) is 0 Å². The molecule has 5 heteroatoms. The zero-order valence-corrected chi connectivity index (χ0v) is 10.3. The molecule has 0 aliphatic carbocycles. The largest absolute Gasteiger partial charge is 0.481 e. The Kier molecular flexibility index (Phi) is 4.78. The first-order valence-electron chi connectivity index (χ1n) is 3.83. The van der Waals surface area contributed by atoms with Gasteiger partial charge in [-0.1, -0.05) is 33.6 Å². The van der Waals surface area contributed by atoms with Gasteiger partial charge in [0.25, 0.3) is 0 Å². The lowest BCUT2D eigenvalue weighted by Crippen LogP contribution is -1.98. The molecule has 0 bridgehead atoms. The predicted octanol–water partition coefficient (Wildman–Crippen LogP) is 3.42. The van der Waals surface area contributed by atoms with E-state index in [1.54, 1.807) is 6.07 Å². The van der Waals surface area contributed by atoms with Crippen LogP contribution in [0.5, 0.6) is 0 Å². The van der Waals surface area contributed by atoms with Crippen molar-refractivity contribution in [2.75, 3.05) is 5.75 Å². The molecular formula is C9H8BrClO2S. The number of carboxylic acid groups (broad SMARTS) is 1. The summed E-state index contributed by atoms with van der Waals surface area (Å²) in [4.78, 5) is 10.3. The van der Waals surface area contributed by atoms with Crippen molar-refractivity contribution in [2.24, 2.45) is 0 Å². The van der Waals surface area contributed by atoms with E-state index in [0.717, 1.165) is 10.0 Å². The molecule has 0 aliphatic heterocycles. The third-order valence-corrected chi connectivity index (χ3v) is 3.31. The SMILES string of the molecule is O=C(O)CSCc1ccc(Br)cc1Cl. The predicted molar refractivity (Wildman–Crippen MR) is 62.9 cm³/mol. The second kappa shape index (κ2) is 5.63. The van der Waals surface area contributed by atoms with Gasteiger partial charge in [0.15, 0.2) is 0 Å². The lowest BCUT2D eigenvalue weighted by molar-refractivity contribution is -0.133. The van der Waals surface area contributed by atoms with E-state index >= 15 is 0 Å². The van der Waals surface area contributed by atoms with Gasteiger partial charge in [0, 0.05) is 15.2 Å². The highest BCUT2D eigenvalue weighted by Crippen LogP contribution is 2.24. The topological polar surface area (TPSA) is 37.3 Å². The van der Waals surface area contributed by atoms with E-state index < -0.39 is 5.97 Å². The van der Waals surface area contributed by atoms with Crippen molar-refractivity contribution in [1.29, 1.82) is 0 Å². The number of carboxylic acids is 1. The summed E-state index contributed by atoms with van der Waals surface area (Å²) < 4.78 is 0.925. The summed E-state index contributed by atoms with van der Waals surface area (Å²) in [5.74, 6) is -0.0756. The molecule has 0 atom stereocenters. The number of hydrogen-bond donors (Lipinski definition) is 1. The highest BCUT2D eigenvalue weighted by atomic mass is 79.9. The van der Waals surface area contributed by atoms with E-state index in [0.29, 0.717) is 10.8 Å². The number of hydrogen-bond acceptors (Lipinski definition) is 2. The molecule has 0 saturated heterocycles. The summed E-state index contributed by atoms with van der Waals surface area (Å²) in [5.41, 5.74) is 0.959. The molecule has 0 unspecified atom stereocenters. The van der Waals surface area contributed by atoms with Crippen LogP contribution in [0.4, 0.5) is 0 Å². The molecule has 0 aromatic heterocycles. The lowest BCUT2D eigenvalue weighted by atomic mass is 10.2. The number of thioether (sulfide) groups is 1. The number of halogens is 2. The maximum Gasteiger partial charge on any atom is 0.313 e. The summed E-state index contributed by atoms with van der Waals surface area (Å²) in [7, 11) is 0. The summed E-state index contributed by atoms with van der Waals surface area (Å²) in [5, 5.41) is 9.11. The highest BCUT2D eigenvalue weighted by molar-refractivity contribution is 9.10. The summed E-state index contributed by atoms with van der Waals surface area (Å²) in [6.07, 6.45) is 0. The maximum absolute atomic E-state index is 10.3. The smallest absolute Gasteiger partial charge is 0.313 e. The molecule has 0 fully saturated rings. The second-order valence-electron chi connectivity index (χ2n) is 2.62. The fourth-order valence-corrected chi connectivity index (χ4v) is 2.45. The fraction of sp³-hybridized carbons (Fsp3) is 0.222. The van der Waals surface area contributed by atoms with Crippen molar-refractivity contribution in [3.63, 3.8) is 0 Å². The standard InChI is InChI=1S/C9H8BrClO2S/c10-7-2-1-6(8(11)3-7)4-14-5-9(12)13/h1-3H,4-5H2,(H,12,13). The van der Waals surface area contributed by atoms with Gasteiger partial charge in [-0.15, -0.1) is 11.8 Å². The second-order valence-corrected chi connectivity index (χ2v) is 4.93. The minimum absolute atomic E-state index is 0.104. The van der Waals surface area contributed by atoms with Crippen molar-refractivity contribution >= 4 is 45.3 Å². The van der Waals surface area contributed by atoms with E-state index in [4.69, 9.17) is 16.7 Å². The van der Waals surface area contributed by atoms with Crippen LogP contribution in [0.1, 0.15) is 5.56 Å². The first-order chi connectivity index (χ1) is 6.59. The van der Waals surface area contributed by atoms with E-state index in [9.17, 15) is 4.79 Å². The van der Waals surface area contributed by atoms with E-state index in [1.807, 2.05) is 12.1 Å². The molecule has 2 nitrogen and oxygen atoms in total. The Hall–Kier alpha value is -0.190. The third-order valence-electron chi connectivity index (χ3n) is 1.50. The van der Waals surface area contributed by atoms with E-state index in [2.05, 4.69) is 15.9 Å². The van der Waals surface area contributed by atoms with Gasteiger partial charge in [-0.3, -0.25) is 4.79 Å². The third kappa shape index (κ3) is 3.90. The van der Waals surface area contributed by atoms with Gasteiger partial charge < -0.3 is 5.11 Å². The molecule has 76 valence electrons. The Bertz CT molecular complexity index is 344. The van der Waals surface area contributed by atoms with Crippen LogP contribution in [0.25, 0.3) is 0 Å². The molecule has 0 aliphatic rings. The van der Waals surface area contributed by atoms with Crippen molar-refractivity contribution in [3.8, 4) is 0 Å². The Morgan fingerprint density at radius 2 is 2.29 bits per heavy atom. The van der Waals surface area contributed by atoms with E-state index in [-0.39, 0.29) is 5.75 Å². The van der Waals surface area contributed by atoms with Crippen molar-refractivity contribution in [2.45, 2.75) is 5.75 Å². The van der Waals surface area contributed by atoms with Gasteiger partial charge in [0.05, 0.1) is 5.75 Å². The average Bonchev–Trinajstić information content (AvgIpc) is 2.08. The van der Waals surface area contributed by atoms with Gasteiger partial charge in [-0.25, -0.2) is 0 Å². The molecule has 1 aromatic carbocycles. The average molecular weight is 296 g/mol. The van der Waals surface area contributed by atoms with Crippen LogP contribution in [-0.4, -0.2) is 16.8 Å². The van der Waals surface area contributed by atoms with Crippen molar-refractivity contribution < 1.29 is 9.90 Å². The highest BCUT2D eigenvalue weighted by Gasteiger charge is 2.02.